The van der Waals surface area contributed by atoms with Crippen molar-refractivity contribution < 1.29 is 5.11 Å². The van der Waals surface area contributed by atoms with Crippen molar-refractivity contribution in [3.05, 3.63) is 12.5 Å². The van der Waals surface area contributed by atoms with Crippen LogP contribution in [-0.2, 0) is 7.05 Å². The Bertz CT molecular complexity index is 560. The van der Waals surface area contributed by atoms with Crippen LogP contribution in [0.15, 0.2) is 12.5 Å². The van der Waals surface area contributed by atoms with Gasteiger partial charge in [0.2, 0.25) is 0 Å². The molecule has 0 saturated carbocycles. The molecule has 1 saturated heterocycles. The fourth-order valence-electron chi connectivity index (χ4n) is 2.53. The molecule has 7 nitrogen and oxygen atoms in total. The third-order valence-electron chi connectivity index (χ3n) is 3.60. The second-order valence-corrected chi connectivity index (χ2v) is 4.76. The summed E-state index contributed by atoms with van der Waals surface area (Å²) in [6, 6.07) is 0. The van der Waals surface area contributed by atoms with Crippen LogP contribution in [0.1, 0.15) is 0 Å². The monoisotopic (exact) mass is 262 g/mol. The van der Waals surface area contributed by atoms with E-state index in [9.17, 15) is 0 Å². The number of hydrogen-bond donors (Lipinski definition) is 1. The van der Waals surface area contributed by atoms with E-state index in [0.29, 0.717) is 0 Å². The molecule has 0 atom stereocenters. The molecule has 1 aliphatic heterocycles. The van der Waals surface area contributed by atoms with Crippen LogP contribution in [0.5, 0.6) is 0 Å². The lowest BCUT2D eigenvalue weighted by atomic mass is 10.3. The Morgan fingerprint density at radius 1 is 1.21 bits per heavy atom. The number of aryl methyl sites for hydroxylation is 1. The normalized spacial score (nSPS) is 17.3. The van der Waals surface area contributed by atoms with Crippen molar-refractivity contribution in [3.63, 3.8) is 0 Å². The molecule has 0 bridgehead atoms. The SMILES string of the molecule is Cn1ncc2c(N3CCN(CCO)CC3)ncnc21. The summed E-state index contributed by atoms with van der Waals surface area (Å²) in [4.78, 5) is 13.2. The number of nitrogens with zero attached hydrogens (tertiary/aromatic N) is 6. The first-order chi connectivity index (χ1) is 9.29. The van der Waals surface area contributed by atoms with Gasteiger partial charge in [-0.15, -0.1) is 0 Å². The molecule has 1 fully saturated rings. The molecule has 0 radical (unpaired) electrons. The minimum atomic E-state index is 0.223. The van der Waals surface area contributed by atoms with Crippen LogP contribution in [0.25, 0.3) is 11.0 Å². The molecule has 102 valence electrons. The van der Waals surface area contributed by atoms with Gasteiger partial charge in [0.05, 0.1) is 18.2 Å². The molecular formula is C12H18N6O. The van der Waals surface area contributed by atoms with Crippen LogP contribution >= 0.6 is 0 Å². The number of aliphatic hydroxyl groups is 1. The predicted molar refractivity (Wildman–Crippen MR) is 72.0 cm³/mol. The minimum absolute atomic E-state index is 0.223. The quantitative estimate of drug-likeness (QED) is 0.802. The molecule has 2 aromatic heterocycles. The molecule has 2 aromatic rings. The van der Waals surface area contributed by atoms with Crippen molar-refractivity contribution in [1.82, 2.24) is 24.6 Å². The Morgan fingerprint density at radius 3 is 2.74 bits per heavy atom. The molecule has 0 aromatic carbocycles. The van der Waals surface area contributed by atoms with Crippen LogP contribution < -0.4 is 4.90 Å². The highest BCUT2D eigenvalue weighted by atomic mass is 16.3. The van der Waals surface area contributed by atoms with Crippen molar-refractivity contribution in [1.29, 1.82) is 0 Å². The van der Waals surface area contributed by atoms with E-state index in [1.807, 2.05) is 13.2 Å². The van der Waals surface area contributed by atoms with Crippen molar-refractivity contribution in [3.8, 4) is 0 Å². The van der Waals surface area contributed by atoms with E-state index in [4.69, 9.17) is 5.11 Å². The molecular weight excluding hydrogens is 244 g/mol. The van der Waals surface area contributed by atoms with Gasteiger partial charge >= 0.3 is 0 Å². The summed E-state index contributed by atoms with van der Waals surface area (Å²) < 4.78 is 1.77. The van der Waals surface area contributed by atoms with Crippen molar-refractivity contribution in [2.45, 2.75) is 0 Å². The van der Waals surface area contributed by atoms with E-state index in [2.05, 4.69) is 24.9 Å². The number of aliphatic hydroxyl groups excluding tert-OH is 1. The lowest BCUT2D eigenvalue weighted by molar-refractivity contribution is 0.188. The molecule has 19 heavy (non-hydrogen) atoms. The number of aromatic nitrogens is 4. The molecule has 1 N–H and O–H groups in total. The Hall–Kier alpha value is -1.73. The zero-order valence-electron chi connectivity index (χ0n) is 11.0. The molecule has 0 aliphatic carbocycles. The van der Waals surface area contributed by atoms with Crippen LogP contribution in [0.2, 0.25) is 0 Å². The zero-order chi connectivity index (χ0) is 13.2. The van der Waals surface area contributed by atoms with Gasteiger partial charge in [-0.3, -0.25) is 9.58 Å². The molecule has 0 spiro atoms. The fraction of sp³-hybridized carbons (Fsp3) is 0.583. The average Bonchev–Trinajstić information content (AvgIpc) is 2.82. The Balaban J connectivity index is 1.82. The predicted octanol–water partition coefficient (Wildman–Crippen LogP) is -0.522. The number of β-amino-alcohol motifs (C(OH)–C–C–N with tert-alkyl or cyclic N) is 1. The molecule has 3 heterocycles. The van der Waals surface area contributed by atoms with Gasteiger partial charge in [0, 0.05) is 39.8 Å². The topological polar surface area (TPSA) is 70.3 Å². The van der Waals surface area contributed by atoms with E-state index < -0.39 is 0 Å². The number of rotatable bonds is 3. The first-order valence-corrected chi connectivity index (χ1v) is 6.50. The third kappa shape index (κ3) is 2.26. The first-order valence-electron chi connectivity index (χ1n) is 6.50. The van der Waals surface area contributed by atoms with E-state index in [1.165, 1.54) is 0 Å². The molecule has 0 unspecified atom stereocenters. The standard InChI is InChI=1S/C12H18N6O/c1-16-11-10(8-15-16)12(14-9-13-11)18-4-2-17(3-5-18)6-7-19/h8-9,19H,2-7H2,1H3. The van der Waals surface area contributed by atoms with Crippen molar-refractivity contribution in [2.75, 3.05) is 44.2 Å². The molecule has 3 rings (SSSR count). The van der Waals surface area contributed by atoms with E-state index in [-0.39, 0.29) is 6.61 Å². The maximum atomic E-state index is 8.96. The lowest BCUT2D eigenvalue weighted by Crippen LogP contribution is -2.47. The van der Waals surface area contributed by atoms with Gasteiger partial charge in [-0.1, -0.05) is 0 Å². The second kappa shape index (κ2) is 5.10. The minimum Gasteiger partial charge on any atom is -0.395 e. The summed E-state index contributed by atoms with van der Waals surface area (Å²) in [5.74, 6) is 0.960. The maximum Gasteiger partial charge on any atom is 0.163 e. The number of fused-ring (bicyclic) bond motifs is 1. The van der Waals surface area contributed by atoms with Gasteiger partial charge < -0.3 is 10.0 Å². The van der Waals surface area contributed by atoms with Crippen LogP contribution in [-0.4, -0.2) is 69.1 Å². The Labute approximate surface area is 111 Å². The first kappa shape index (κ1) is 12.3. The van der Waals surface area contributed by atoms with E-state index in [0.717, 1.165) is 49.6 Å². The third-order valence-corrected chi connectivity index (χ3v) is 3.60. The number of anilines is 1. The second-order valence-electron chi connectivity index (χ2n) is 4.76. The van der Waals surface area contributed by atoms with E-state index >= 15 is 0 Å². The van der Waals surface area contributed by atoms with E-state index in [1.54, 1.807) is 11.0 Å². The summed E-state index contributed by atoms with van der Waals surface area (Å²) in [5, 5.41) is 14.2. The van der Waals surface area contributed by atoms with Crippen molar-refractivity contribution in [2.24, 2.45) is 7.05 Å². The average molecular weight is 262 g/mol. The van der Waals surface area contributed by atoms with Gasteiger partial charge in [0.15, 0.2) is 5.65 Å². The van der Waals surface area contributed by atoms with Crippen LogP contribution in [0, 0.1) is 0 Å². The fourth-order valence-corrected chi connectivity index (χ4v) is 2.53. The number of piperazine rings is 1. The molecule has 0 amide bonds. The highest BCUT2D eigenvalue weighted by molar-refractivity contribution is 5.86. The molecule has 7 heteroatoms. The van der Waals surface area contributed by atoms with Crippen LogP contribution in [0.4, 0.5) is 5.82 Å². The summed E-state index contributed by atoms with van der Waals surface area (Å²) in [6.07, 6.45) is 3.42. The van der Waals surface area contributed by atoms with Gasteiger partial charge in [-0.2, -0.15) is 5.10 Å². The van der Waals surface area contributed by atoms with Gasteiger partial charge in [-0.05, 0) is 0 Å². The van der Waals surface area contributed by atoms with Gasteiger partial charge in [0.25, 0.3) is 0 Å². The maximum absolute atomic E-state index is 8.96. The lowest BCUT2D eigenvalue weighted by Gasteiger charge is -2.35. The smallest absolute Gasteiger partial charge is 0.163 e. The highest BCUT2D eigenvalue weighted by Gasteiger charge is 2.20. The highest BCUT2D eigenvalue weighted by Crippen LogP contribution is 2.22. The summed E-state index contributed by atoms with van der Waals surface area (Å²) in [6.45, 7) is 4.71. The zero-order valence-corrected chi connectivity index (χ0v) is 11.0. The van der Waals surface area contributed by atoms with Crippen molar-refractivity contribution >= 4 is 16.9 Å². The Morgan fingerprint density at radius 2 is 2.00 bits per heavy atom. The van der Waals surface area contributed by atoms with Crippen LogP contribution in [0.3, 0.4) is 0 Å². The largest absolute Gasteiger partial charge is 0.395 e. The Kier molecular flexibility index (Phi) is 3.31. The summed E-state index contributed by atoms with van der Waals surface area (Å²) >= 11 is 0. The molecule has 1 aliphatic rings. The van der Waals surface area contributed by atoms with Gasteiger partial charge in [-0.25, -0.2) is 9.97 Å². The number of hydrogen-bond acceptors (Lipinski definition) is 6. The summed E-state index contributed by atoms with van der Waals surface area (Å²) in [7, 11) is 1.89. The summed E-state index contributed by atoms with van der Waals surface area (Å²) in [5.41, 5.74) is 0.864. The van der Waals surface area contributed by atoms with Gasteiger partial charge in [0.1, 0.15) is 12.1 Å².